The summed E-state index contributed by atoms with van der Waals surface area (Å²) in [5, 5.41) is 17.1. The molecule has 6 N–H and O–H groups in total. The van der Waals surface area contributed by atoms with Crippen LogP contribution in [0.1, 0.15) is 73.1 Å². The lowest BCUT2D eigenvalue weighted by Gasteiger charge is -2.29. The van der Waals surface area contributed by atoms with Crippen molar-refractivity contribution in [2.24, 2.45) is 23.5 Å². The predicted octanol–water partition coefficient (Wildman–Crippen LogP) is 1.29. The van der Waals surface area contributed by atoms with E-state index >= 15 is 0 Å². The summed E-state index contributed by atoms with van der Waals surface area (Å²) in [4.78, 5) is 59.5. The highest BCUT2D eigenvalue weighted by Crippen LogP contribution is 2.28. The van der Waals surface area contributed by atoms with Crippen LogP contribution in [0.25, 0.3) is 0 Å². The molecule has 194 valence electrons. The second-order valence-corrected chi connectivity index (χ2v) is 10.4. The zero-order valence-electron chi connectivity index (χ0n) is 20.8. The molecule has 0 bridgehead atoms. The average molecular weight is 485 g/mol. The lowest BCUT2D eigenvalue weighted by molar-refractivity contribution is -0.144. The van der Waals surface area contributed by atoms with Gasteiger partial charge < -0.3 is 31.5 Å². The Morgan fingerprint density at radius 2 is 1.59 bits per heavy atom. The fourth-order valence-electron chi connectivity index (χ4n) is 3.84. The van der Waals surface area contributed by atoms with Crippen molar-refractivity contribution in [3.8, 4) is 0 Å². The molecule has 4 amide bonds. The molecule has 0 aromatic heterocycles. The summed E-state index contributed by atoms with van der Waals surface area (Å²) in [6.45, 7) is 9.58. The number of nitrogens with one attached hydrogen (secondary N) is 3. The van der Waals surface area contributed by atoms with Crippen LogP contribution in [0.3, 0.4) is 0 Å². The third-order valence-corrected chi connectivity index (χ3v) is 5.52. The number of primary amides is 1. The molecule has 34 heavy (non-hydrogen) atoms. The number of hydrogen-bond acceptors (Lipinski definition) is 6. The van der Waals surface area contributed by atoms with Crippen molar-refractivity contribution in [3.05, 3.63) is 0 Å². The van der Waals surface area contributed by atoms with Crippen molar-refractivity contribution in [1.29, 1.82) is 0 Å². The zero-order valence-corrected chi connectivity index (χ0v) is 20.8. The van der Waals surface area contributed by atoms with E-state index in [1.165, 1.54) is 0 Å². The summed E-state index contributed by atoms with van der Waals surface area (Å²) in [6, 6.07) is -2.05. The summed E-state index contributed by atoms with van der Waals surface area (Å²) in [5.41, 5.74) is 4.38. The van der Waals surface area contributed by atoms with Crippen molar-refractivity contribution >= 4 is 29.8 Å². The van der Waals surface area contributed by atoms with Crippen molar-refractivity contribution in [3.63, 3.8) is 0 Å². The van der Waals surface area contributed by atoms with Gasteiger partial charge in [-0.05, 0) is 64.7 Å². The standard InChI is InChI=1S/C23H40N4O7/c1-13(2)10-16(27-22(33)34-23(3,4)5)20(30)25-12-14-6-8-15(9-7-14)19(29)26-17(21(31)32)11-18(24)28/h13-17H,6-12H2,1-5H3,(H2,24,28)(H,25,30)(H,26,29)(H,27,33)(H,31,32)/t14?,15?,16-,17-/m1/s1. The van der Waals surface area contributed by atoms with Gasteiger partial charge in [-0.15, -0.1) is 0 Å². The molecule has 1 fully saturated rings. The number of aliphatic carboxylic acids is 1. The molecule has 0 aliphatic heterocycles. The first-order valence-corrected chi connectivity index (χ1v) is 11.8. The molecular weight excluding hydrogens is 444 g/mol. The molecule has 11 nitrogen and oxygen atoms in total. The molecule has 1 aliphatic carbocycles. The quantitative estimate of drug-likeness (QED) is 0.293. The molecule has 1 rings (SSSR count). The molecule has 0 unspecified atom stereocenters. The van der Waals surface area contributed by atoms with E-state index in [-0.39, 0.29) is 23.7 Å². The summed E-state index contributed by atoms with van der Waals surface area (Å²) in [5.74, 6) is -2.81. The minimum Gasteiger partial charge on any atom is -0.480 e. The van der Waals surface area contributed by atoms with E-state index in [2.05, 4.69) is 16.0 Å². The van der Waals surface area contributed by atoms with E-state index in [0.717, 1.165) is 0 Å². The smallest absolute Gasteiger partial charge is 0.408 e. The van der Waals surface area contributed by atoms with Crippen LogP contribution in [0.2, 0.25) is 0 Å². The number of carboxylic acids is 1. The molecule has 2 atom stereocenters. The van der Waals surface area contributed by atoms with Gasteiger partial charge in [0.2, 0.25) is 17.7 Å². The van der Waals surface area contributed by atoms with Crippen molar-refractivity contribution in [2.75, 3.05) is 6.54 Å². The van der Waals surface area contributed by atoms with Crippen LogP contribution >= 0.6 is 0 Å². The highest BCUT2D eigenvalue weighted by atomic mass is 16.6. The van der Waals surface area contributed by atoms with Gasteiger partial charge in [0.25, 0.3) is 0 Å². The maximum absolute atomic E-state index is 12.7. The summed E-state index contributed by atoms with van der Waals surface area (Å²) in [6.07, 6.45) is 1.81. The topological polar surface area (TPSA) is 177 Å². The SMILES string of the molecule is CC(C)C[C@@H](NC(=O)OC(C)(C)C)C(=O)NCC1CCC(C(=O)N[C@H](CC(N)=O)C(=O)O)CC1. The lowest BCUT2D eigenvalue weighted by Crippen LogP contribution is -2.50. The first-order valence-electron chi connectivity index (χ1n) is 11.8. The minimum atomic E-state index is -1.34. The van der Waals surface area contributed by atoms with Gasteiger partial charge in [-0.2, -0.15) is 0 Å². The maximum Gasteiger partial charge on any atom is 0.408 e. The Labute approximate surface area is 200 Å². The molecule has 11 heteroatoms. The Bertz CT molecular complexity index is 740. The van der Waals surface area contributed by atoms with Crippen LogP contribution in [0, 0.1) is 17.8 Å². The van der Waals surface area contributed by atoms with Crippen LogP contribution in [-0.4, -0.2) is 59.1 Å². The molecule has 1 saturated carbocycles. The normalized spacial score (nSPS) is 20.1. The Morgan fingerprint density at radius 3 is 2.06 bits per heavy atom. The van der Waals surface area contributed by atoms with Gasteiger partial charge >= 0.3 is 12.1 Å². The average Bonchev–Trinajstić information content (AvgIpc) is 2.69. The number of ether oxygens (including phenoxy) is 1. The van der Waals surface area contributed by atoms with E-state index in [9.17, 15) is 24.0 Å². The number of alkyl carbamates (subject to hydrolysis) is 1. The fourth-order valence-corrected chi connectivity index (χ4v) is 3.84. The van der Waals surface area contributed by atoms with E-state index in [1.807, 2.05) is 13.8 Å². The van der Waals surface area contributed by atoms with Gasteiger partial charge in [0.1, 0.15) is 17.7 Å². The second-order valence-electron chi connectivity index (χ2n) is 10.4. The van der Waals surface area contributed by atoms with E-state index in [4.69, 9.17) is 15.6 Å². The molecule has 0 heterocycles. The van der Waals surface area contributed by atoms with Crippen LogP contribution in [0.5, 0.6) is 0 Å². The molecule has 0 radical (unpaired) electrons. The summed E-state index contributed by atoms with van der Waals surface area (Å²) in [7, 11) is 0. The Kier molecular flexibility index (Phi) is 11.3. The summed E-state index contributed by atoms with van der Waals surface area (Å²) >= 11 is 0. The van der Waals surface area contributed by atoms with E-state index < -0.39 is 48.0 Å². The van der Waals surface area contributed by atoms with Gasteiger partial charge in [0.15, 0.2) is 0 Å². The third-order valence-electron chi connectivity index (χ3n) is 5.52. The number of carbonyl (C=O) groups is 5. The first kappa shape index (κ1) is 29.2. The van der Waals surface area contributed by atoms with Crippen molar-refractivity contribution in [1.82, 2.24) is 16.0 Å². The predicted molar refractivity (Wildman–Crippen MR) is 124 cm³/mol. The van der Waals surface area contributed by atoms with Crippen LogP contribution in [-0.2, 0) is 23.9 Å². The molecule has 0 saturated heterocycles. The van der Waals surface area contributed by atoms with E-state index in [0.29, 0.717) is 38.6 Å². The number of rotatable bonds is 11. The minimum absolute atomic E-state index is 0.162. The molecule has 0 aromatic rings. The number of amides is 4. The number of carboxylic acid groups (broad SMARTS) is 1. The van der Waals surface area contributed by atoms with Crippen LogP contribution in [0.15, 0.2) is 0 Å². The molecule has 0 spiro atoms. The maximum atomic E-state index is 12.7. The Hall–Kier alpha value is -2.85. The van der Waals surface area contributed by atoms with Gasteiger partial charge in [0, 0.05) is 12.5 Å². The highest BCUT2D eigenvalue weighted by molar-refractivity contribution is 5.89. The largest absolute Gasteiger partial charge is 0.480 e. The highest BCUT2D eigenvalue weighted by Gasteiger charge is 2.31. The fraction of sp³-hybridized carbons (Fsp3) is 0.783. The number of carbonyl (C=O) groups excluding carboxylic acids is 4. The monoisotopic (exact) mass is 484 g/mol. The van der Waals surface area contributed by atoms with Gasteiger partial charge in [0.05, 0.1) is 6.42 Å². The second kappa shape index (κ2) is 13.1. The van der Waals surface area contributed by atoms with Gasteiger partial charge in [-0.3, -0.25) is 14.4 Å². The Balaban J connectivity index is 2.53. The third kappa shape index (κ3) is 11.3. The van der Waals surface area contributed by atoms with Crippen LogP contribution in [0.4, 0.5) is 4.79 Å². The van der Waals surface area contributed by atoms with E-state index in [1.54, 1.807) is 20.8 Å². The zero-order chi connectivity index (χ0) is 26.1. The lowest BCUT2D eigenvalue weighted by atomic mass is 9.81. The molecule has 0 aromatic carbocycles. The number of hydrogen-bond donors (Lipinski definition) is 5. The Morgan fingerprint density at radius 1 is 1.00 bits per heavy atom. The molecule has 1 aliphatic rings. The summed E-state index contributed by atoms with van der Waals surface area (Å²) < 4.78 is 5.26. The molecular formula is C23H40N4O7. The first-order chi connectivity index (χ1) is 15.7. The van der Waals surface area contributed by atoms with Gasteiger partial charge in [-0.25, -0.2) is 9.59 Å². The van der Waals surface area contributed by atoms with Crippen molar-refractivity contribution in [2.45, 2.75) is 90.8 Å². The van der Waals surface area contributed by atoms with Crippen LogP contribution < -0.4 is 21.7 Å². The number of nitrogens with two attached hydrogens (primary N) is 1. The van der Waals surface area contributed by atoms with Gasteiger partial charge in [-0.1, -0.05) is 13.8 Å². The van der Waals surface area contributed by atoms with Crippen molar-refractivity contribution < 1.29 is 33.8 Å².